The van der Waals surface area contributed by atoms with Gasteiger partial charge in [0, 0.05) is 26.6 Å². The normalized spacial score (nSPS) is 19.2. The maximum atomic E-state index is 12.9. The Morgan fingerprint density at radius 3 is 2.12 bits per heavy atom. The highest BCUT2D eigenvalue weighted by molar-refractivity contribution is 7.89. The number of carbonyl (C=O) groups excluding carboxylic acids is 1. The first-order valence-electron chi connectivity index (χ1n) is 7.87. The molecular formula is C18H20N2O3S. The minimum atomic E-state index is -3.56. The fourth-order valence-electron chi connectivity index (χ4n) is 3.06. The zero-order chi connectivity index (χ0) is 17.2. The van der Waals surface area contributed by atoms with Crippen molar-refractivity contribution < 1.29 is 13.2 Å². The second kappa shape index (κ2) is 6.75. The van der Waals surface area contributed by atoms with E-state index in [1.54, 1.807) is 35.2 Å². The van der Waals surface area contributed by atoms with E-state index in [0.29, 0.717) is 13.1 Å². The fraction of sp³-hybridized carbons (Fsp3) is 0.278. The molecule has 1 amide bonds. The standard InChI is InChI=1S/C18H20N2O3S/c1-15(21)20-13-12-19(14-18(20)16-8-4-2-5-9-16)24(22,23)17-10-6-3-7-11-17/h2-11,18H,12-14H2,1H3. The molecule has 126 valence electrons. The third kappa shape index (κ3) is 3.20. The molecule has 24 heavy (non-hydrogen) atoms. The molecule has 5 nitrogen and oxygen atoms in total. The van der Waals surface area contributed by atoms with E-state index in [1.807, 2.05) is 30.3 Å². The average Bonchev–Trinajstić information content (AvgIpc) is 2.62. The second-order valence-electron chi connectivity index (χ2n) is 5.81. The van der Waals surface area contributed by atoms with Crippen LogP contribution in [0.2, 0.25) is 0 Å². The van der Waals surface area contributed by atoms with Crippen LogP contribution in [0.3, 0.4) is 0 Å². The van der Waals surface area contributed by atoms with Crippen molar-refractivity contribution in [1.82, 2.24) is 9.21 Å². The van der Waals surface area contributed by atoms with Crippen LogP contribution in [0.1, 0.15) is 18.5 Å². The molecule has 0 saturated carbocycles. The average molecular weight is 344 g/mol. The third-order valence-corrected chi connectivity index (χ3v) is 6.19. The van der Waals surface area contributed by atoms with Crippen LogP contribution < -0.4 is 0 Å². The van der Waals surface area contributed by atoms with Gasteiger partial charge in [-0.15, -0.1) is 0 Å². The van der Waals surface area contributed by atoms with E-state index in [9.17, 15) is 13.2 Å². The molecule has 3 rings (SSSR count). The van der Waals surface area contributed by atoms with Gasteiger partial charge >= 0.3 is 0 Å². The van der Waals surface area contributed by atoms with Crippen LogP contribution in [-0.4, -0.2) is 43.2 Å². The molecule has 1 unspecified atom stereocenters. The molecule has 6 heteroatoms. The van der Waals surface area contributed by atoms with E-state index in [2.05, 4.69) is 0 Å². The molecule has 1 aliphatic heterocycles. The highest BCUT2D eigenvalue weighted by Gasteiger charge is 2.35. The van der Waals surface area contributed by atoms with Gasteiger partial charge in [0.1, 0.15) is 0 Å². The fourth-order valence-corrected chi connectivity index (χ4v) is 4.51. The minimum Gasteiger partial charge on any atom is -0.333 e. The monoisotopic (exact) mass is 344 g/mol. The Hall–Kier alpha value is -2.18. The van der Waals surface area contributed by atoms with E-state index in [4.69, 9.17) is 0 Å². The number of amides is 1. The number of rotatable bonds is 3. The number of sulfonamides is 1. The number of carbonyl (C=O) groups is 1. The van der Waals surface area contributed by atoms with Crippen LogP contribution in [0.25, 0.3) is 0 Å². The Kier molecular flexibility index (Phi) is 4.69. The zero-order valence-corrected chi connectivity index (χ0v) is 14.3. The molecule has 0 spiro atoms. The first kappa shape index (κ1) is 16.7. The van der Waals surface area contributed by atoms with E-state index >= 15 is 0 Å². The van der Waals surface area contributed by atoms with Gasteiger partial charge in [0.05, 0.1) is 10.9 Å². The maximum absolute atomic E-state index is 12.9. The number of hydrogen-bond acceptors (Lipinski definition) is 3. The molecule has 2 aromatic carbocycles. The van der Waals surface area contributed by atoms with Crippen molar-refractivity contribution in [3.05, 3.63) is 66.2 Å². The van der Waals surface area contributed by atoms with Gasteiger partial charge in [0.25, 0.3) is 0 Å². The Labute approximate surface area is 142 Å². The van der Waals surface area contributed by atoms with Crippen molar-refractivity contribution in [1.29, 1.82) is 0 Å². The molecule has 1 fully saturated rings. The quantitative estimate of drug-likeness (QED) is 0.858. The van der Waals surface area contributed by atoms with Gasteiger partial charge in [-0.1, -0.05) is 48.5 Å². The molecule has 1 heterocycles. The summed E-state index contributed by atoms with van der Waals surface area (Å²) in [5.74, 6) is -0.0411. The van der Waals surface area contributed by atoms with E-state index < -0.39 is 10.0 Å². The van der Waals surface area contributed by atoms with Gasteiger partial charge in [-0.2, -0.15) is 4.31 Å². The zero-order valence-electron chi connectivity index (χ0n) is 13.5. The summed E-state index contributed by atoms with van der Waals surface area (Å²) in [4.78, 5) is 14.0. The van der Waals surface area contributed by atoms with Crippen LogP contribution in [0, 0.1) is 0 Å². The van der Waals surface area contributed by atoms with Gasteiger partial charge in [-0.05, 0) is 17.7 Å². The molecule has 1 aliphatic rings. The highest BCUT2D eigenvalue weighted by Crippen LogP contribution is 2.28. The Bertz CT molecular complexity index is 807. The summed E-state index contributed by atoms with van der Waals surface area (Å²) in [6.45, 7) is 2.49. The van der Waals surface area contributed by atoms with Gasteiger partial charge < -0.3 is 4.90 Å². The molecule has 0 radical (unpaired) electrons. The molecule has 2 aromatic rings. The molecular weight excluding hydrogens is 324 g/mol. The van der Waals surface area contributed by atoms with Crippen LogP contribution >= 0.6 is 0 Å². The molecule has 0 bridgehead atoms. The van der Waals surface area contributed by atoms with E-state index in [0.717, 1.165) is 5.56 Å². The van der Waals surface area contributed by atoms with Crippen molar-refractivity contribution in [3.63, 3.8) is 0 Å². The number of nitrogens with zero attached hydrogens (tertiary/aromatic N) is 2. The maximum Gasteiger partial charge on any atom is 0.243 e. The lowest BCUT2D eigenvalue weighted by atomic mass is 10.0. The first-order chi connectivity index (χ1) is 11.5. The lowest BCUT2D eigenvalue weighted by molar-refractivity contribution is -0.133. The number of piperazine rings is 1. The van der Waals surface area contributed by atoms with Gasteiger partial charge in [-0.25, -0.2) is 8.42 Å². The summed E-state index contributed by atoms with van der Waals surface area (Å²) in [5, 5.41) is 0. The van der Waals surface area contributed by atoms with Crippen molar-refractivity contribution >= 4 is 15.9 Å². The Balaban J connectivity index is 1.92. The predicted octanol–water partition coefficient (Wildman–Crippen LogP) is 2.28. The van der Waals surface area contributed by atoms with E-state index in [1.165, 1.54) is 11.2 Å². The van der Waals surface area contributed by atoms with Crippen molar-refractivity contribution in [2.45, 2.75) is 17.9 Å². The molecule has 0 aliphatic carbocycles. The van der Waals surface area contributed by atoms with Crippen LogP contribution in [-0.2, 0) is 14.8 Å². The van der Waals surface area contributed by atoms with Gasteiger partial charge in [0.2, 0.25) is 15.9 Å². The summed E-state index contributed by atoms with van der Waals surface area (Å²) in [7, 11) is -3.56. The van der Waals surface area contributed by atoms with Crippen LogP contribution in [0.5, 0.6) is 0 Å². The molecule has 0 N–H and O–H groups in total. The van der Waals surface area contributed by atoms with Crippen molar-refractivity contribution in [3.8, 4) is 0 Å². The summed E-state index contributed by atoms with van der Waals surface area (Å²) >= 11 is 0. The van der Waals surface area contributed by atoms with Crippen molar-refractivity contribution in [2.75, 3.05) is 19.6 Å². The molecule has 1 atom stereocenters. The largest absolute Gasteiger partial charge is 0.333 e. The summed E-state index contributed by atoms with van der Waals surface area (Å²) < 4.78 is 27.2. The van der Waals surface area contributed by atoms with Crippen LogP contribution in [0.15, 0.2) is 65.6 Å². The number of benzene rings is 2. The van der Waals surface area contributed by atoms with E-state index in [-0.39, 0.29) is 23.4 Å². The lowest BCUT2D eigenvalue weighted by Crippen LogP contribution is -2.51. The Morgan fingerprint density at radius 1 is 0.958 bits per heavy atom. The van der Waals surface area contributed by atoms with Gasteiger partial charge in [-0.3, -0.25) is 4.79 Å². The van der Waals surface area contributed by atoms with Gasteiger partial charge in [0.15, 0.2) is 0 Å². The second-order valence-corrected chi connectivity index (χ2v) is 7.75. The first-order valence-corrected chi connectivity index (χ1v) is 9.31. The number of hydrogen-bond donors (Lipinski definition) is 0. The minimum absolute atomic E-state index is 0.0411. The smallest absolute Gasteiger partial charge is 0.243 e. The molecule has 1 saturated heterocycles. The summed E-state index contributed by atoms with van der Waals surface area (Å²) in [5.41, 5.74) is 0.945. The van der Waals surface area contributed by atoms with Crippen molar-refractivity contribution in [2.24, 2.45) is 0 Å². The highest BCUT2D eigenvalue weighted by atomic mass is 32.2. The molecule has 0 aromatic heterocycles. The summed E-state index contributed by atoms with van der Waals surface area (Å²) in [6, 6.07) is 17.7. The lowest BCUT2D eigenvalue weighted by Gasteiger charge is -2.40. The SMILES string of the molecule is CC(=O)N1CCN(S(=O)(=O)c2ccccc2)CC1c1ccccc1. The third-order valence-electron chi connectivity index (χ3n) is 4.31. The van der Waals surface area contributed by atoms with Crippen LogP contribution in [0.4, 0.5) is 0 Å². The Morgan fingerprint density at radius 2 is 1.54 bits per heavy atom. The summed E-state index contributed by atoms with van der Waals surface area (Å²) in [6.07, 6.45) is 0. The topological polar surface area (TPSA) is 57.7 Å². The predicted molar refractivity (Wildman–Crippen MR) is 91.8 cm³/mol.